The molecule has 0 bridgehead atoms. The molecule has 4 heterocycles. The van der Waals surface area contributed by atoms with Gasteiger partial charge >= 0.3 is 0 Å². The molecule has 0 amide bonds. The lowest BCUT2D eigenvalue weighted by molar-refractivity contribution is 0.244. The highest BCUT2D eigenvalue weighted by Gasteiger charge is 2.22. The van der Waals surface area contributed by atoms with Crippen LogP contribution in [0.1, 0.15) is 36.9 Å². The van der Waals surface area contributed by atoms with Gasteiger partial charge in [0.25, 0.3) is 0 Å². The number of allylic oxidation sites excluding steroid dienone is 1. The summed E-state index contributed by atoms with van der Waals surface area (Å²) in [7, 11) is 0. The van der Waals surface area contributed by atoms with Gasteiger partial charge in [-0.1, -0.05) is 18.7 Å². The quantitative estimate of drug-likeness (QED) is 0.935. The maximum absolute atomic E-state index is 4.90. The Hall–Kier alpha value is -2.14. The lowest BCUT2D eigenvalue weighted by Gasteiger charge is -2.36. The summed E-state index contributed by atoms with van der Waals surface area (Å²) in [6.07, 6.45) is 9.97. The van der Waals surface area contributed by atoms with E-state index in [2.05, 4.69) is 52.0 Å². The molecule has 2 aromatic heterocycles. The van der Waals surface area contributed by atoms with Crippen LogP contribution in [0.3, 0.4) is 0 Å². The van der Waals surface area contributed by atoms with Crippen LogP contribution in [-0.4, -0.2) is 34.0 Å². The Bertz CT molecular complexity index is 902. The molecule has 1 saturated heterocycles. The maximum atomic E-state index is 4.90. The number of nitrogens with zero attached hydrogens (tertiary/aromatic N) is 3. The SMILES string of the molecule is C=C(c1csc(C2=c3cc[nH]c3=NCC=C2)n1)N1CCCCC1C. The van der Waals surface area contributed by atoms with Gasteiger partial charge in [0.1, 0.15) is 10.5 Å². The first-order valence-corrected chi connectivity index (χ1v) is 9.42. The standard InChI is InChI=1S/C19H22N4S/c1-13-6-3-4-11-23(13)14(2)17-12-24-19(22-17)16-7-5-9-20-18-15(16)8-10-21-18/h5,7-8,10,12-13H,2-4,6,9,11H2,1H3,(H,20,21). The van der Waals surface area contributed by atoms with Gasteiger partial charge in [0, 0.05) is 35.0 Å². The Morgan fingerprint density at radius 2 is 2.33 bits per heavy atom. The molecule has 0 saturated carbocycles. The van der Waals surface area contributed by atoms with E-state index >= 15 is 0 Å². The molecule has 0 spiro atoms. The summed E-state index contributed by atoms with van der Waals surface area (Å²) in [5.74, 6) is 0. The number of likely N-dealkylation sites (tertiary alicyclic amines) is 1. The number of piperidine rings is 1. The number of fused-ring (bicyclic) bond motifs is 1. The number of aromatic nitrogens is 2. The number of hydrogen-bond acceptors (Lipinski definition) is 4. The number of H-pyrrole nitrogens is 1. The van der Waals surface area contributed by atoms with Crippen LogP contribution < -0.4 is 10.7 Å². The molecule has 4 nitrogen and oxygen atoms in total. The lowest BCUT2D eigenvalue weighted by atomic mass is 10.0. The van der Waals surface area contributed by atoms with Crippen molar-refractivity contribution < 1.29 is 0 Å². The van der Waals surface area contributed by atoms with E-state index in [1.54, 1.807) is 11.3 Å². The van der Waals surface area contributed by atoms with Crippen LogP contribution in [0, 0.1) is 0 Å². The van der Waals surface area contributed by atoms with Crippen LogP contribution in [0.4, 0.5) is 0 Å². The van der Waals surface area contributed by atoms with Crippen molar-refractivity contribution in [3.05, 3.63) is 57.8 Å². The summed E-state index contributed by atoms with van der Waals surface area (Å²) in [6.45, 7) is 8.40. The Balaban J connectivity index is 1.70. The Morgan fingerprint density at radius 1 is 1.42 bits per heavy atom. The first-order chi connectivity index (χ1) is 11.7. The molecule has 124 valence electrons. The van der Waals surface area contributed by atoms with E-state index in [1.165, 1.54) is 19.3 Å². The summed E-state index contributed by atoms with van der Waals surface area (Å²) >= 11 is 1.68. The number of nitrogens with one attached hydrogen (secondary N) is 1. The zero-order valence-electron chi connectivity index (χ0n) is 14.0. The van der Waals surface area contributed by atoms with E-state index < -0.39 is 0 Å². The summed E-state index contributed by atoms with van der Waals surface area (Å²) in [6, 6.07) is 2.63. The number of rotatable bonds is 3. The molecule has 4 rings (SSSR count). The summed E-state index contributed by atoms with van der Waals surface area (Å²) in [4.78, 5) is 15.1. The predicted octanol–water partition coefficient (Wildman–Crippen LogP) is 2.70. The highest BCUT2D eigenvalue weighted by molar-refractivity contribution is 7.11. The molecule has 0 aliphatic carbocycles. The fourth-order valence-corrected chi connectivity index (χ4v) is 4.34. The average Bonchev–Trinajstić information content (AvgIpc) is 3.22. The molecule has 24 heavy (non-hydrogen) atoms. The van der Waals surface area contributed by atoms with E-state index in [1.807, 2.05) is 6.20 Å². The van der Waals surface area contributed by atoms with Crippen molar-refractivity contribution in [1.29, 1.82) is 0 Å². The summed E-state index contributed by atoms with van der Waals surface area (Å²) in [5.41, 5.74) is 4.14. The molecule has 0 radical (unpaired) electrons. The molecule has 5 heteroatoms. The van der Waals surface area contributed by atoms with Crippen LogP contribution in [0.2, 0.25) is 0 Å². The van der Waals surface area contributed by atoms with Gasteiger partial charge in [-0.05, 0) is 32.3 Å². The third kappa shape index (κ3) is 2.73. The molecule has 2 aliphatic rings. The highest BCUT2D eigenvalue weighted by Crippen LogP contribution is 2.28. The molecule has 2 aromatic rings. The largest absolute Gasteiger partial charge is 0.368 e. The Labute approximate surface area is 146 Å². The molecule has 1 N–H and O–H groups in total. The third-order valence-corrected chi connectivity index (χ3v) is 5.71. The van der Waals surface area contributed by atoms with E-state index in [4.69, 9.17) is 4.98 Å². The Morgan fingerprint density at radius 3 is 3.21 bits per heavy atom. The fourth-order valence-electron chi connectivity index (χ4n) is 3.48. The second-order valence-electron chi connectivity index (χ2n) is 6.42. The summed E-state index contributed by atoms with van der Waals surface area (Å²) < 4.78 is 0. The van der Waals surface area contributed by atoms with Gasteiger partial charge < -0.3 is 9.88 Å². The number of aromatic amines is 1. The third-order valence-electron chi connectivity index (χ3n) is 4.83. The van der Waals surface area contributed by atoms with Crippen molar-refractivity contribution in [1.82, 2.24) is 14.9 Å². The van der Waals surface area contributed by atoms with Crippen molar-refractivity contribution in [2.24, 2.45) is 4.99 Å². The molecule has 2 aliphatic heterocycles. The van der Waals surface area contributed by atoms with E-state index in [9.17, 15) is 0 Å². The van der Waals surface area contributed by atoms with E-state index in [0.717, 1.165) is 39.2 Å². The van der Waals surface area contributed by atoms with Crippen LogP contribution in [-0.2, 0) is 0 Å². The molecular formula is C19H22N4S. The minimum absolute atomic E-state index is 0.553. The van der Waals surface area contributed by atoms with E-state index in [-0.39, 0.29) is 0 Å². The fraction of sp³-hybridized carbons (Fsp3) is 0.368. The Kier molecular flexibility index (Phi) is 4.10. The van der Waals surface area contributed by atoms with Crippen molar-refractivity contribution in [2.75, 3.05) is 13.1 Å². The number of thiazole rings is 1. The van der Waals surface area contributed by atoms with Crippen LogP contribution in [0.5, 0.6) is 0 Å². The van der Waals surface area contributed by atoms with Gasteiger partial charge in [-0.3, -0.25) is 4.99 Å². The van der Waals surface area contributed by atoms with Gasteiger partial charge in [0.2, 0.25) is 0 Å². The zero-order chi connectivity index (χ0) is 16.5. The monoisotopic (exact) mass is 338 g/mol. The lowest BCUT2D eigenvalue weighted by Crippen LogP contribution is -2.35. The van der Waals surface area contributed by atoms with Gasteiger partial charge in [-0.15, -0.1) is 11.3 Å². The van der Waals surface area contributed by atoms with Gasteiger partial charge in [0.05, 0.1) is 17.9 Å². The predicted molar refractivity (Wildman–Crippen MR) is 99.3 cm³/mol. The van der Waals surface area contributed by atoms with Gasteiger partial charge in [0.15, 0.2) is 0 Å². The molecule has 0 aromatic carbocycles. The minimum atomic E-state index is 0.553. The van der Waals surface area contributed by atoms with Crippen molar-refractivity contribution in [3.63, 3.8) is 0 Å². The second kappa shape index (κ2) is 6.40. The summed E-state index contributed by atoms with van der Waals surface area (Å²) in [5, 5.41) is 4.29. The first-order valence-electron chi connectivity index (χ1n) is 8.54. The number of hydrogen-bond donors (Lipinski definition) is 1. The first kappa shape index (κ1) is 15.4. The minimum Gasteiger partial charge on any atom is -0.368 e. The van der Waals surface area contributed by atoms with Gasteiger partial charge in [-0.2, -0.15) is 0 Å². The average molecular weight is 338 g/mol. The normalized spacial score (nSPS) is 20.5. The van der Waals surface area contributed by atoms with Crippen molar-refractivity contribution in [2.45, 2.75) is 32.2 Å². The van der Waals surface area contributed by atoms with Crippen molar-refractivity contribution >= 4 is 22.6 Å². The molecule has 1 fully saturated rings. The smallest absolute Gasteiger partial charge is 0.133 e. The molecular weight excluding hydrogens is 316 g/mol. The van der Waals surface area contributed by atoms with Crippen molar-refractivity contribution in [3.8, 4) is 0 Å². The maximum Gasteiger partial charge on any atom is 0.133 e. The van der Waals surface area contributed by atoms with Crippen LogP contribution in [0.25, 0.3) is 11.3 Å². The van der Waals surface area contributed by atoms with Gasteiger partial charge in [-0.25, -0.2) is 4.98 Å². The van der Waals surface area contributed by atoms with E-state index in [0.29, 0.717) is 12.6 Å². The van der Waals surface area contributed by atoms with Crippen LogP contribution >= 0.6 is 11.3 Å². The molecule has 1 atom stereocenters. The zero-order valence-corrected chi connectivity index (χ0v) is 14.8. The molecule has 1 unspecified atom stereocenters. The second-order valence-corrected chi connectivity index (χ2v) is 7.28. The topological polar surface area (TPSA) is 44.3 Å². The highest BCUT2D eigenvalue weighted by atomic mass is 32.1. The van der Waals surface area contributed by atoms with Crippen LogP contribution in [0.15, 0.2) is 41.4 Å².